The first-order valence-electron chi connectivity index (χ1n) is 6.28. The van der Waals surface area contributed by atoms with Crippen LogP contribution in [0, 0.1) is 0 Å². The number of methoxy groups -OCH3 is 1. The Bertz CT molecular complexity index is 166. The molecule has 0 amide bonds. The normalized spacial score (nSPS) is 34.9. The van der Waals surface area contributed by atoms with Crippen molar-refractivity contribution in [2.24, 2.45) is 0 Å². The first-order chi connectivity index (χ1) is 6.90. The van der Waals surface area contributed by atoms with Crippen molar-refractivity contribution in [2.45, 2.75) is 69.6 Å². The van der Waals surface area contributed by atoms with Crippen LogP contribution in [0.2, 0.25) is 0 Å². The molecule has 2 aliphatic carbocycles. The van der Waals surface area contributed by atoms with Gasteiger partial charge >= 0.3 is 0 Å². The molecule has 0 spiro atoms. The van der Waals surface area contributed by atoms with Crippen LogP contribution in [0.15, 0.2) is 0 Å². The number of nitrogens with two attached hydrogens (primary N) is 1. The molecule has 0 radical (unpaired) electrons. The second-order valence-electron chi connectivity index (χ2n) is 4.96. The van der Waals surface area contributed by atoms with E-state index in [-0.39, 0.29) is 0 Å². The first-order valence-corrected chi connectivity index (χ1v) is 6.28. The molecule has 2 nitrogen and oxygen atoms in total. The summed E-state index contributed by atoms with van der Waals surface area (Å²) >= 11 is 0. The van der Waals surface area contributed by atoms with E-state index in [1.54, 1.807) is 0 Å². The van der Waals surface area contributed by atoms with Crippen LogP contribution < -0.4 is 5.32 Å². The molecule has 14 heavy (non-hydrogen) atoms. The van der Waals surface area contributed by atoms with Crippen LogP contribution in [0.4, 0.5) is 0 Å². The molecule has 2 rings (SSSR count). The van der Waals surface area contributed by atoms with Gasteiger partial charge in [0.2, 0.25) is 0 Å². The summed E-state index contributed by atoms with van der Waals surface area (Å²) in [7, 11) is 1.88. The van der Waals surface area contributed by atoms with E-state index in [0.717, 1.165) is 12.1 Å². The third-order valence-corrected chi connectivity index (χ3v) is 3.98. The molecule has 2 saturated carbocycles. The zero-order valence-electron chi connectivity index (χ0n) is 9.37. The van der Waals surface area contributed by atoms with Crippen LogP contribution in [-0.2, 0) is 4.74 Å². The lowest BCUT2D eigenvalue weighted by Gasteiger charge is -2.30. The second-order valence-corrected chi connectivity index (χ2v) is 4.96. The molecule has 82 valence electrons. The average molecular weight is 198 g/mol. The van der Waals surface area contributed by atoms with Gasteiger partial charge in [-0.3, -0.25) is 0 Å². The summed E-state index contributed by atoms with van der Waals surface area (Å²) in [4.78, 5) is 0. The Morgan fingerprint density at radius 2 is 1.57 bits per heavy atom. The van der Waals surface area contributed by atoms with Gasteiger partial charge in [0.15, 0.2) is 0 Å². The number of rotatable bonds is 3. The summed E-state index contributed by atoms with van der Waals surface area (Å²) in [6, 6.07) is 1.67. The molecule has 0 aliphatic heterocycles. The predicted octanol–water partition coefficient (Wildman–Crippen LogP) is 1.45. The van der Waals surface area contributed by atoms with Gasteiger partial charge in [0, 0.05) is 13.5 Å². The van der Waals surface area contributed by atoms with Gasteiger partial charge in [-0.25, -0.2) is 0 Å². The van der Waals surface area contributed by atoms with Crippen LogP contribution in [0.5, 0.6) is 0 Å². The highest BCUT2D eigenvalue weighted by Crippen LogP contribution is 2.20. The van der Waals surface area contributed by atoms with E-state index < -0.39 is 0 Å². The van der Waals surface area contributed by atoms with Gasteiger partial charge in [0.1, 0.15) is 12.1 Å². The fourth-order valence-electron chi connectivity index (χ4n) is 3.14. The Morgan fingerprint density at radius 1 is 0.929 bits per heavy atom. The van der Waals surface area contributed by atoms with Crippen LogP contribution in [0.25, 0.3) is 0 Å². The molecule has 2 aliphatic rings. The Morgan fingerprint density at radius 3 is 2.29 bits per heavy atom. The maximum atomic E-state index is 5.58. The molecule has 2 atom stereocenters. The zero-order chi connectivity index (χ0) is 9.80. The van der Waals surface area contributed by atoms with Crippen LogP contribution in [0.1, 0.15) is 51.4 Å². The number of hydrogen-bond donors (Lipinski definition) is 1. The Kier molecular flexibility index (Phi) is 3.82. The van der Waals surface area contributed by atoms with Crippen LogP contribution in [0.3, 0.4) is 0 Å². The highest BCUT2D eigenvalue weighted by molar-refractivity contribution is 4.75. The van der Waals surface area contributed by atoms with Crippen LogP contribution in [-0.4, -0.2) is 25.3 Å². The number of hydrogen-bond acceptors (Lipinski definition) is 1. The van der Waals surface area contributed by atoms with Crippen LogP contribution >= 0.6 is 0 Å². The van der Waals surface area contributed by atoms with Gasteiger partial charge in [-0.1, -0.05) is 6.42 Å². The van der Waals surface area contributed by atoms with Crippen molar-refractivity contribution < 1.29 is 10.1 Å². The Labute approximate surface area is 87.4 Å². The number of ether oxygens (including phenoxy) is 1. The second kappa shape index (κ2) is 5.13. The number of quaternary nitrogens is 1. The van der Waals surface area contributed by atoms with Gasteiger partial charge in [0.05, 0.1) is 6.04 Å². The highest BCUT2D eigenvalue weighted by Gasteiger charge is 2.31. The van der Waals surface area contributed by atoms with E-state index in [9.17, 15) is 0 Å². The van der Waals surface area contributed by atoms with Gasteiger partial charge in [0.25, 0.3) is 0 Å². The van der Waals surface area contributed by atoms with Gasteiger partial charge in [-0.2, -0.15) is 0 Å². The van der Waals surface area contributed by atoms with Crippen molar-refractivity contribution in [3.8, 4) is 0 Å². The van der Waals surface area contributed by atoms with Crippen molar-refractivity contribution >= 4 is 0 Å². The van der Waals surface area contributed by atoms with E-state index >= 15 is 0 Å². The molecule has 2 N–H and O–H groups in total. The fraction of sp³-hybridized carbons (Fsp3) is 1.00. The van der Waals surface area contributed by atoms with E-state index in [0.29, 0.717) is 6.10 Å². The molecule has 0 saturated heterocycles. The zero-order valence-corrected chi connectivity index (χ0v) is 9.37. The largest absolute Gasteiger partial charge is 0.375 e. The molecule has 2 unspecified atom stereocenters. The third-order valence-electron chi connectivity index (χ3n) is 3.98. The maximum absolute atomic E-state index is 5.58. The smallest absolute Gasteiger partial charge is 0.113 e. The maximum Gasteiger partial charge on any atom is 0.113 e. The lowest BCUT2D eigenvalue weighted by molar-refractivity contribution is -0.728. The summed E-state index contributed by atoms with van der Waals surface area (Å²) < 4.78 is 5.58. The summed E-state index contributed by atoms with van der Waals surface area (Å²) in [5.74, 6) is 0. The molecule has 0 aromatic carbocycles. The van der Waals surface area contributed by atoms with E-state index in [1.165, 1.54) is 51.4 Å². The van der Waals surface area contributed by atoms with Crippen molar-refractivity contribution in [2.75, 3.05) is 7.11 Å². The molecule has 2 heteroatoms. The monoisotopic (exact) mass is 198 g/mol. The highest BCUT2D eigenvalue weighted by atomic mass is 16.5. The topological polar surface area (TPSA) is 25.8 Å². The van der Waals surface area contributed by atoms with Gasteiger partial charge in [-0.15, -0.1) is 0 Å². The van der Waals surface area contributed by atoms with E-state index in [2.05, 4.69) is 5.32 Å². The minimum absolute atomic E-state index is 0.532. The summed E-state index contributed by atoms with van der Waals surface area (Å²) in [6.07, 6.45) is 11.7. The van der Waals surface area contributed by atoms with Gasteiger partial charge in [-0.05, 0) is 38.5 Å². The Balaban J connectivity index is 1.81. The molecule has 2 fully saturated rings. The summed E-state index contributed by atoms with van der Waals surface area (Å²) in [5, 5.41) is 2.63. The molecule has 0 bridgehead atoms. The molecule has 0 aromatic heterocycles. The standard InChI is InChI=1S/C12H23NO/c1-14-12-9-5-4-8-11(12)13-10-6-2-3-7-10/h10-13H,2-9H2,1H3/p+1. The van der Waals surface area contributed by atoms with Crippen molar-refractivity contribution in [3.63, 3.8) is 0 Å². The summed E-state index contributed by atoms with van der Waals surface area (Å²) in [5.41, 5.74) is 0. The molecule has 0 heterocycles. The molecule has 0 aromatic rings. The molecular formula is C12H24NO+. The fourth-order valence-corrected chi connectivity index (χ4v) is 3.14. The quantitative estimate of drug-likeness (QED) is 0.730. The van der Waals surface area contributed by atoms with Crippen molar-refractivity contribution in [1.29, 1.82) is 0 Å². The minimum atomic E-state index is 0.532. The predicted molar refractivity (Wildman–Crippen MR) is 57.2 cm³/mol. The van der Waals surface area contributed by atoms with Gasteiger partial charge < -0.3 is 10.1 Å². The van der Waals surface area contributed by atoms with E-state index in [4.69, 9.17) is 4.74 Å². The van der Waals surface area contributed by atoms with Crippen molar-refractivity contribution in [3.05, 3.63) is 0 Å². The minimum Gasteiger partial charge on any atom is -0.375 e. The SMILES string of the molecule is COC1CCCCC1[NH2+]C1CCCC1. The lowest BCUT2D eigenvalue weighted by Crippen LogP contribution is -2.97. The first kappa shape index (κ1) is 10.4. The third kappa shape index (κ3) is 2.48. The lowest BCUT2D eigenvalue weighted by atomic mass is 9.91. The Hall–Kier alpha value is -0.0800. The molecular weight excluding hydrogens is 174 g/mol. The average Bonchev–Trinajstić information content (AvgIpc) is 2.71. The summed E-state index contributed by atoms with van der Waals surface area (Å²) in [6.45, 7) is 0. The van der Waals surface area contributed by atoms with E-state index in [1.807, 2.05) is 7.11 Å². The van der Waals surface area contributed by atoms with Crippen molar-refractivity contribution in [1.82, 2.24) is 0 Å².